The molecule has 146 valence electrons. The quantitative estimate of drug-likeness (QED) is 0.686. The van der Waals surface area contributed by atoms with Gasteiger partial charge in [-0.2, -0.15) is 5.26 Å². The maximum atomic E-state index is 12.6. The molecule has 0 saturated heterocycles. The van der Waals surface area contributed by atoms with Crippen LogP contribution in [0.3, 0.4) is 0 Å². The van der Waals surface area contributed by atoms with Gasteiger partial charge in [-0.05, 0) is 23.5 Å². The van der Waals surface area contributed by atoms with Gasteiger partial charge in [-0.15, -0.1) is 0 Å². The van der Waals surface area contributed by atoms with Crippen molar-refractivity contribution in [1.82, 2.24) is 10.6 Å². The Bertz CT molecular complexity index is 761. The minimum Gasteiger partial charge on any atom is -0.436 e. The predicted octanol–water partition coefficient (Wildman–Crippen LogP) is 3.56. The van der Waals surface area contributed by atoms with Crippen LogP contribution in [0.2, 0.25) is 0 Å². The molecule has 1 atom stereocenters. The highest BCUT2D eigenvalue weighted by atomic mass is 16.6. The number of nitrogens with one attached hydrogen (secondary N) is 2. The van der Waals surface area contributed by atoms with E-state index in [1.54, 1.807) is 0 Å². The molecule has 2 N–H and O–H groups in total. The Balaban J connectivity index is 2.15. The molecule has 0 saturated carbocycles. The summed E-state index contributed by atoms with van der Waals surface area (Å²) in [6.45, 7) is 3.80. The van der Waals surface area contributed by atoms with Gasteiger partial charge in [0.1, 0.15) is 12.6 Å². The molecule has 0 aliphatic carbocycles. The first-order valence-electron chi connectivity index (χ1n) is 9.23. The van der Waals surface area contributed by atoms with Gasteiger partial charge in [0.15, 0.2) is 6.10 Å². The number of ether oxygens (including phenoxy) is 1. The third-order valence-corrected chi connectivity index (χ3v) is 4.09. The van der Waals surface area contributed by atoms with Gasteiger partial charge < -0.3 is 15.4 Å². The lowest BCUT2D eigenvalue weighted by atomic mass is 10.0. The van der Waals surface area contributed by atoms with Crippen LogP contribution in [0, 0.1) is 17.2 Å². The molecule has 2 aromatic rings. The largest absolute Gasteiger partial charge is 0.436 e. The van der Waals surface area contributed by atoms with Crippen LogP contribution in [0.1, 0.15) is 37.5 Å². The molecule has 0 fully saturated rings. The standard InChI is InChI=1S/C22H25N3O3/c1-16(2)15-19(21(26)24-14-13-23)25-22(27)28-20(17-9-5-3-6-10-17)18-11-7-4-8-12-18/h3-12,16,19-20H,14-15H2,1-2H3,(H,24,26)(H,25,27)/t19-/m0/s1. The molecule has 6 heteroatoms. The first-order chi connectivity index (χ1) is 13.5. The van der Waals surface area contributed by atoms with Gasteiger partial charge in [-0.3, -0.25) is 4.79 Å². The molecule has 2 rings (SSSR count). The van der Waals surface area contributed by atoms with Crippen LogP contribution in [0.5, 0.6) is 0 Å². The van der Waals surface area contributed by atoms with Gasteiger partial charge in [-0.25, -0.2) is 4.79 Å². The number of nitrogens with zero attached hydrogens (tertiary/aromatic N) is 1. The molecule has 0 aromatic heterocycles. The molecule has 28 heavy (non-hydrogen) atoms. The van der Waals surface area contributed by atoms with Crippen molar-refractivity contribution in [3.05, 3.63) is 71.8 Å². The van der Waals surface area contributed by atoms with Crippen molar-refractivity contribution in [3.63, 3.8) is 0 Å². The van der Waals surface area contributed by atoms with Gasteiger partial charge in [0.2, 0.25) is 5.91 Å². The normalized spacial score (nSPS) is 11.5. The smallest absolute Gasteiger partial charge is 0.408 e. The molecule has 0 bridgehead atoms. The third-order valence-electron chi connectivity index (χ3n) is 4.09. The van der Waals surface area contributed by atoms with Crippen LogP contribution < -0.4 is 10.6 Å². The molecule has 2 aromatic carbocycles. The van der Waals surface area contributed by atoms with Crippen molar-refractivity contribution in [2.75, 3.05) is 6.54 Å². The predicted molar refractivity (Wildman–Crippen MR) is 106 cm³/mol. The minimum absolute atomic E-state index is 0.110. The number of nitriles is 1. The van der Waals surface area contributed by atoms with E-state index in [1.165, 1.54) is 0 Å². The zero-order valence-electron chi connectivity index (χ0n) is 16.1. The number of amides is 2. The maximum absolute atomic E-state index is 12.6. The average molecular weight is 379 g/mol. The fourth-order valence-electron chi connectivity index (χ4n) is 2.82. The van der Waals surface area contributed by atoms with E-state index in [9.17, 15) is 9.59 Å². The molecule has 0 radical (unpaired) electrons. The first-order valence-corrected chi connectivity index (χ1v) is 9.23. The summed E-state index contributed by atoms with van der Waals surface area (Å²) in [5.41, 5.74) is 1.66. The van der Waals surface area contributed by atoms with Crippen LogP contribution in [0.4, 0.5) is 4.79 Å². The van der Waals surface area contributed by atoms with Gasteiger partial charge >= 0.3 is 6.09 Å². The van der Waals surface area contributed by atoms with Crippen molar-refractivity contribution < 1.29 is 14.3 Å². The number of alkyl carbamates (subject to hydrolysis) is 1. The van der Waals surface area contributed by atoms with Crippen LogP contribution in [0.15, 0.2) is 60.7 Å². The SMILES string of the molecule is CC(C)C[C@H](NC(=O)OC(c1ccccc1)c1ccccc1)C(=O)NCC#N. The number of benzene rings is 2. The van der Waals surface area contributed by atoms with E-state index in [1.807, 2.05) is 80.6 Å². The Morgan fingerprint density at radius 1 is 1.00 bits per heavy atom. The Morgan fingerprint density at radius 3 is 2.00 bits per heavy atom. The molecule has 0 unspecified atom stereocenters. The number of carbonyl (C=O) groups is 2. The van der Waals surface area contributed by atoms with Crippen molar-refractivity contribution >= 4 is 12.0 Å². The number of hydrogen-bond donors (Lipinski definition) is 2. The first kappa shape index (κ1) is 21.0. The lowest BCUT2D eigenvalue weighted by Gasteiger charge is -2.23. The summed E-state index contributed by atoms with van der Waals surface area (Å²) < 4.78 is 5.69. The van der Waals surface area contributed by atoms with E-state index < -0.39 is 24.1 Å². The monoisotopic (exact) mass is 379 g/mol. The lowest BCUT2D eigenvalue weighted by Crippen LogP contribution is -2.47. The van der Waals surface area contributed by atoms with Gasteiger partial charge in [0, 0.05) is 0 Å². The van der Waals surface area contributed by atoms with E-state index in [4.69, 9.17) is 10.00 Å². The number of hydrogen-bond acceptors (Lipinski definition) is 4. The van der Waals surface area contributed by atoms with Crippen LogP contribution in [0.25, 0.3) is 0 Å². The Labute approximate surface area is 165 Å². The van der Waals surface area contributed by atoms with E-state index in [-0.39, 0.29) is 12.5 Å². The number of carbonyl (C=O) groups excluding carboxylic acids is 2. The molecular weight excluding hydrogens is 354 g/mol. The van der Waals surface area contributed by atoms with Crippen LogP contribution >= 0.6 is 0 Å². The number of rotatable bonds is 8. The molecule has 0 aliphatic heterocycles. The second kappa shape index (κ2) is 10.7. The lowest BCUT2D eigenvalue weighted by molar-refractivity contribution is -0.123. The Hall–Kier alpha value is -3.33. The molecular formula is C22H25N3O3. The Kier molecular flexibility index (Phi) is 8.04. The van der Waals surface area contributed by atoms with E-state index in [0.29, 0.717) is 6.42 Å². The zero-order chi connectivity index (χ0) is 20.4. The summed E-state index contributed by atoms with van der Waals surface area (Å²) in [5, 5.41) is 13.8. The highest BCUT2D eigenvalue weighted by Gasteiger charge is 2.25. The van der Waals surface area contributed by atoms with Gasteiger partial charge in [0.05, 0.1) is 6.07 Å². The van der Waals surface area contributed by atoms with Gasteiger partial charge in [-0.1, -0.05) is 74.5 Å². The van der Waals surface area contributed by atoms with Crippen molar-refractivity contribution in [2.45, 2.75) is 32.4 Å². The maximum Gasteiger partial charge on any atom is 0.408 e. The fraction of sp³-hybridized carbons (Fsp3) is 0.318. The van der Waals surface area contributed by atoms with E-state index >= 15 is 0 Å². The molecule has 0 heterocycles. The van der Waals surface area contributed by atoms with Crippen molar-refractivity contribution in [2.24, 2.45) is 5.92 Å². The summed E-state index contributed by atoms with van der Waals surface area (Å²) in [7, 11) is 0. The topological polar surface area (TPSA) is 91.2 Å². The molecule has 0 spiro atoms. The summed E-state index contributed by atoms with van der Waals surface area (Å²) in [4.78, 5) is 24.9. The third kappa shape index (κ3) is 6.44. The highest BCUT2D eigenvalue weighted by Crippen LogP contribution is 2.26. The van der Waals surface area contributed by atoms with Gasteiger partial charge in [0.25, 0.3) is 0 Å². The summed E-state index contributed by atoms with van der Waals surface area (Å²) in [6, 6.07) is 19.9. The second-order valence-corrected chi connectivity index (χ2v) is 6.81. The fourth-order valence-corrected chi connectivity index (χ4v) is 2.82. The van der Waals surface area contributed by atoms with E-state index in [0.717, 1.165) is 11.1 Å². The van der Waals surface area contributed by atoms with E-state index in [2.05, 4.69) is 10.6 Å². The Morgan fingerprint density at radius 2 is 1.54 bits per heavy atom. The average Bonchev–Trinajstić information content (AvgIpc) is 2.70. The highest BCUT2D eigenvalue weighted by molar-refractivity contribution is 5.85. The van der Waals surface area contributed by atoms with Crippen molar-refractivity contribution in [1.29, 1.82) is 5.26 Å². The zero-order valence-corrected chi connectivity index (χ0v) is 16.1. The molecule has 6 nitrogen and oxygen atoms in total. The van der Waals surface area contributed by atoms with Crippen LogP contribution in [-0.4, -0.2) is 24.6 Å². The molecule has 2 amide bonds. The summed E-state index contributed by atoms with van der Waals surface area (Å²) in [5.74, 6) is -0.222. The molecule has 0 aliphatic rings. The second-order valence-electron chi connectivity index (χ2n) is 6.81. The summed E-state index contributed by atoms with van der Waals surface area (Å²) >= 11 is 0. The minimum atomic E-state index is -0.770. The van der Waals surface area contributed by atoms with Crippen molar-refractivity contribution in [3.8, 4) is 6.07 Å². The summed E-state index contributed by atoms with van der Waals surface area (Å²) in [6.07, 6.45) is -0.840. The van der Waals surface area contributed by atoms with Crippen LogP contribution in [-0.2, 0) is 9.53 Å².